The molecule has 0 aliphatic carbocycles. The molecule has 10 heteroatoms. The number of benzene rings is 2. The van der Waals surface area contributed by atoms with Crippen LogP contribution in [0.25, 0.3) is 0 Å². The van der Waals surface area contributed by atoms with Gasteiger partial charge in [-0.3, -0.25) is 4.79 Å². The molecule has 0 unspecified atom stereocenters. The van der Waals surface area contributed by atoms with Gasteiger partial charge in [0.25, 0.3) is 0 Å². The maximum Gasteiger partial charge on any atom is 0.228 e. The molecule has 2 aliphatic heterocycles. The summed E-state index contributed by atoms with van der Waals surface area (Å²) in [6, 6.07) is 8.16. The molecule has 30 heavy (non-hydrogen) atoms. The van der Waals surface area contributed by atoms with Gasteiger partial charge in [0.2, 0.25) is 12.1 Å². The van der Waals surface area contributed by atoms with Crippen molar-refractivity contribution in [1.82, 2.24) is 0 Å². The van der Waals surface area contributed by atoms with Crippen LogP contribution in [-0.2, 0) is 4.74 Å². The van der Waals surface area contributed by atoms with E-state index in [-0.39, 0.29) is 29.4 Å². The first-order valence-corrected chi connectivity index (χ1v) is 9.13. The maximum atomic E-state index is 12.5. The van der Waals surface area contributed by atoms with E-state index in [1.54, 1.807) is 0 Å². The summed E-state index contributed by atoms with van der Waals surface area (Å²) in [6.07, 6.45) is -7.94. The largest absolute Gasteiger partial charge is 0.508 e. The predicted octanol–water partition coefficient (Wildman–Crippen LogP) is -0.407. The Kier molecular flexibility index (Phi) is 5.26. The number of phenols is 2. The summed E-state index contributed by atoms with van der Waals surface area (Å²) < 4.78 is 16.3. The molecule has 160 valence electrons. The normalized spacial score (nSPS) is 31.0. The highest BCUT2D eigenvalue weighted by Crippen LogP contribution is 2.42. The van der Waals surface area contributed by atoms with E-state index in [1.807, 2.05) is 0 Å². The van der Waals surface area contributed by atoms with Crippen molar-refractivity contribution in [3.05, 3.63) is 47.5 Å². The van der Waals surface area contributed by atoms with Crippen LogP contribution >= 0.6 is 0 Å². The monoisotopic (exact) mass is 420 g/mol. The number of fused-ring (bicyclic) bond motifs is 1. The molecule has 4 rings (SSSR count). The number of ketones is 1. The third kappa shape index (κ3) is 3.55. The fourth-order valence-electron chi connectivity index (χ4n) is 3.42. The molecule has 6 atom stereocenters. The first-order valence-electron chi connectivity index (χ1n) is 9.13. The minimum atomic E-state index is -1.58. The number of carbonyl (C=O) groups is 1. The molecule has 2 aliphatic rings. The van der Waals surface area contributed by atoms with E-state index in [4.69, 9.17) is 14.2 Å². The fraction of sp³-hybridized carbons (Fsp3) is 0.350. The van der Waals surface area contributed by atoms with Crippen molar-refractivity contribution in [2.45, 2.75) is 36.8 Å². The number of hydrogen-bond acceptors (Lipinski definition) is 10. The topological polar surface area (TPSA) is 166 Å². The molecule has 10 nitrogen and oxygen atoms in total. The van der Waals surface area contributed by atoms with Gasteiger partial charge in [0.1, 0.15) is 46.9 Å². The van der Waals surface area contributed by atoms with E-state index < -0.39 is 48.3 Å². The van der Waals surface area contributed by atoms with Gasteiger partial charge in [-0.05, 0) is 17.7 Å². The highest BCUT2D eigenvalue weighted by molar-refractivity contribution is 6.05. The Labute approximate surface area is 170 Å². The molecular weight excluding hydrogens is 400 g/mol. The second kappa shape index (κ2) is 7.74. The van der Waals surface area contributed by atoms with Crippen LogP contribution in [0.4, 0.5) is 0 Å². The molecule has 6 N–H and O–H groups in total. The average molecular weight is 420 g/mol. The van der Waals surface area contributed by atoms with Crippen molar-refractivity contribution in [1.29, 1.82) is 0 Å². The average Bonchev–Trinajstić information content (AvgIpc) is 2.71. The van der Waals surface area contributed by atoms with Gasteiger partial charge < -0.3 is 44.8 Å². The molecule has 1 fully saturated rings. The van der Waals surface area contributed by atoms with Crippen molar-refractivity contribution in [3.8, 4) is 23.0 Å². The van der Waals surface area contributed by atoms with Crippen LogP contribution in [0.15, 0.2) is 36.4 Å². The number of hydrogen-bond donors (Lipinski definition) is 6. The van der Waals surface area contributed by atoms with E-state index in [2.05, 4.69) is 0 Å². The molecular formula is C20H20O10. The Morgan fingerprint density at radius 3 is 2.37 bits per heavy atom. The number of carbonyl (C=O) groups excluding carboxylic acids is 1. The number of ether oxygens (including phenoxy) is 3. The molecule has 2 aromatic rings. The van der Waals surface area contributed by atoms with Crippen LogP contribution in [-0.4, -0.2) is 73.7 Å². The van der Waals surface area contributed by atoms with E-state index in [9.17, 15) is 35.4 Å². The molecule has 2 heterocycles. The Balaban J connectivity index is 1.52. The van der Waals surface area contributed by atoms with Crippen LogP contribution in [0.1, 0.15) is 22.0 Å². The summed E-state index contributed by atoms with van der Waals surface area (Å²) in [5.41, 5.74) is 0.206. The van der Waals surface area contributed by atoms with Gasteiger partial charge >= 0.3 is 0 Å². The van der Waals surface area contributed by atoms with Crippen LogP contribution in [0.5, 0.6) is 23.0 Å². The third-order valence-electron chi connectivity index (χ3n) is 5.04. The smallest absolute Gasteiger partial charge is 0.228 e. The quantitative estimate of drug-likeness (QED) is 0.384. The fourth-order valence-corrected chi connectivity index (χ4v) is 3.42. The summed E-state index contributed by atoms with van der Waals surface area (Å²) in [6.45, 7) is -0.204. The molecule has 0 spiro atoms. The lowest BCUT2D eigenvalue weighted by molar-refractivity contribution is -0.242. The zero-order valence-corrected chi connectivity index (χ0v) is 15.5. The summed E-state index contributed by atoms with van der Waals surface area (Å²) in [5.74, 6) is -1.32. The van der Waals surface area contributed by atoms with Gasteiger partial charge in [0, 0.05) is 12.1 Å². The summed E-state index contributed by atoms with van der Waals surface area (Å²) in [7, 11) is 0. The number of aliphatic hydroxyl groups is 4. The van der Waals surface area contributed by atoms with Gasteiger partial charge in [0.05, 0.1) is 6.61 Å². The van der Waals surface area contributed by atoms with Crippen LogP contribution in [0.2, 0.25) is 0 Å². The molecule has 0 aromatic heterocycles. The lowest BCUT2D eigenvalue weighted by Gasteiger charge is -2.35. The highest BCUT2D eigenvalue weighted by atomic mass is 16.7. The minimum absolute atomic E-state index is 0.0561. The summed E-state index contributed by atoms with van der Waals surface area (Å²) in [5, 5.41) is 59.0. The minimum Gasteiger partial charge on any atom is -0.508 e. The van der Waals surface area contributed by atoms with Crippen molar-refractivity contribution in [2.75, 3.05) is 6.61 Å². The first-order chi connectivity index (χ1) is 14.3. The van der Waals surface area contributed by atoms with Crippen LogP contribution in [0.3, 0.4) is 0 Å². The second-order valence-corrected chi connectivity index (χ2v) is 7.12. The van der Waals surface area contributed by atoms with Crippen molar-refractivity contribution in [2.24, 2.45) is 0 Å². The van der Waals surface area contributed by atoms with Crippen molar-refractivity contribution < 1.29 is 49.6 Å². The Hall–Kier alpha value is -2.89. The van der Waals surface area contributed by atoms with Crippen LogP contribution in [0, 0.1) is 0 Å². The van der Waals surface area contributed by atoms with Crippen molar-refractivity contribution in [3.63, 3.8) is 0 Å². The molecule has 0 amide bonds. The molecule has 2 aromatic carbocycles. The van der Waals surface area contributed by atoms with Gasteiger partial charge in [-0.25, -0.2) is 0 Å². The first kappa shape index (κ1) is 20.4. The number of phenolic OH excluding ortho intramolecular Hbond substituents is 2. The Morgan fingerprint density at radius 2 is 1.67 bits per heavy atom. The van der Waals surface area contributed by atoms with Gasteiger partial charge in [-0.1, -0.05) is 12.1 Å². The Bertz CT molecular complexity index is 943. The number of aromatic hydroxyl groups is 2. The summed E-state index contributed by atoms with van der Waals surface area (Å²) >= 11 is 0. The zero-order valence-electron chi connectivity index (χ0n) is 15.5. The third-order valence-corrected chi connectivity index (χ3v) is 5.04. The maximum absolute atomic E-state index is 12.5. The predicted molar refractivity (Wildman–Crippen MR) is 98.3 cm³/mol. The Morgan fingerprint density at radius 1 is 0.967 bits per heavy atom. The summed E-state index contributed by atoms with van der Waals surface area (Å²) in [4.78, 5) is 12.5. The molecule has 0 saturated carbocycles. The standard InChI is InChI=1S/C20H20O10/c21-9-5-11(22)14-13(6-9)30-19(17(26)16(14)25)8-1-3-10(4-2-8)29-20-18(27)15(24)12(23)7-28-20/h1-6,12,15,17-24,26-27H,7H2/t12-,15-,17+,18-,19+,20-/m0/s1. The zero-order chi connectivity index (χ0) is 21.6. The van der Waals surface area contributed by atoms with E-state index in [1.165, 1.54) is 30.3 Å². The lowest BCUT2D eigenvalue weighted by Crippen LogP contribution is -2.54. The number of aliphatic hydroxyl groups excluding tert-OH is 4. The SMILES string of the molecule is O=C1c2c(O)cc(O)cc2O[C@H](c2ccc(O[C@@H]3OC[C@H](O)[C@H](O)[C@@H]3O)cc2)[C@@H]1O. The number of rotatable bonds is 3. The van der Waals surface area contributed by atoms with Gasteiger partial charge in [-0.15, -0.1) is 0 Å². The van der Waals surface area contributed by atoms with E-state index in [0.29, 0.717) is 5.56 Å². The molecule has 0 radical (unpaired) electrons. The van der Waals surface area contributed by atoms with Crippen molar-refractivity contribution >= 4 is 5.78 Å². The van der Waals surface area contributed by atoms with E-state index in [0.717, 1.165) is 6.07 Å². The molecule has 0 bridgehead atoms. The van der Waals surface area contributed by atoms with Crippen LogP contribution < -0.4 is 9.47 Å². The lowest BCUT2D eigenvalue weighted by atomic mass is 9.93. The highest BCUT2D eigenvalue weighted by Gasteiger charge is 2.40. The van der Waals surface area contributed by atoms with Gasteiger partial charge in [-0.2, -0.15) is 0 Å². The molecule has 1 saturated heterocycles. The van der Waals surface area contributed by atoms with E-state index >= 15 is 0 Å². The number of Topliss-reactive ketones (excluding diaryl/α,β-unsaturated/α-hetero) is 1. The second-order valence-electron chi connectivity index (χ2n) is 7.12. The van der Waals surface area contributed by atoms with Gasteiger partial charge in [0.15, 0.2) is 12.2 Å².